The van der Waals surface area contributed by atoms with Gasteiger partial charge in [0.1, 0.15) is 16.5 Å². The Balaban J connectivity index is 2.24. The first kappa shape index (κ1) is 22.3. The van der Waals surface area contributed by atoms with Gasteiger partial charge in [0.15, 0.2) is 0 Å². The number of carbonyl (C=O) groups is 1. The van der Waals surface area contributed by atoms with E-state index in [9.17, 15) is 13.2 Å². The standard InChI is InChI=1S/C19H26N2O5S2/c1-5-6-15-12-27-17(20-15)16(18(22)26-19(2,3)4)11-13-7-9-14(10-8-13)21-28(23,24)25/h7-10,12,16,21H,5-6,11H2,1-4H3,(H,23,24,25). The normalized spacial score (nSPS) is 13.2. The maximum Gasteiger partial charge on any atom is 0.357 e. The molecule has 1 unspecified atom stereocenters. The van der Waals surface area contributed by atoms with Crippen molar-refractivity contribution in [1.29, 1.82) is 0 Å². The van der Waals surface area contributed by atoms with Gasteiger partial charge in [-0.15, -0.1) is 11.3 Å². The lowest BCUT2D eigenvalue weighted by Crippen LogP contribution is -2.28. The van der Waals surface area contributed by atoms with Crippen molar-refractivity contribution in [1.82, 2.24) is 4.98 Å². The predicted octanol–water partition coefficient (Wildman–Crippen LogP) is 3.98. The van der Waals surface area contributed by atoms with Gasteiger partial charge in [0, 0.05) is 5.38 Å². The number of thiazole rings is 1. The highest BCUT2D eigenvalue weighted by Gasteiger charge is 2.29. The van der Waals surface area contributed by atoms with Gasteiger partial charge < -0.3 is 4.74 Å². The lowest BCUT2D eigenvalue weighted by molar-refractivity contribution is -0.156. The fourth-order valence-electron chi connectivity index (χ4n) is 2.59. The van der Waals surface area contributed by atoms with Gasteiger partial charge >= 0.3 is 16.3 Å². The molecule has 1 aromatic heterocycles. The van der Waals surface area contributed by atoms with Crippen LogP contribution in [0.15, 0.2) is 29.6 Å². The van der Waals surface area contributed by atoms with E-state index in [1.54, 1.807) is 12.1 Å². The topological polar surface area (TPSA) is 106 Å². The SMILES string of the molecule is CCCc1csc(C(Cc2ccc(NS(=O)(=O)O)cc2)C(=O)OC(C)(C)C)n1. The molecule has 0 saturated heterocycles. The van der Waals surface area contributed by atoms with Crippen molar-refractivity contribution in [2.24, 2.45) is 0 Å². The summed E-state index contributed by atoms with van der Waals surface area (Å²) in [5, 5.41) is 2.67. The lowest BCUT2D eigenvalue weighted by atomic mass is 9.99. The van der Waals surface area contributed by atoms with E-state index in [-0.39, 0.29) is 11.7 Å². The third-order valence-electron chi connectivity index (χ3n) is 3.71. The van der Waals surface area contributed by atoms with Crippen molar-refractivity contribution in [2.45, 2.75) is 58.5 Å². The van der Waals surface area contributed by atoms with Crippen molar-refractivity contribution in [3.05, 3.63) is 45.9 Å². The number of hydrogen-bond acceptors (Lipinski definition) is 6. The molecule has 0 bridgehead atoms. The zero-order chi connectivity index (χ0) is 20.9. The molecule has 1 heterocycles. The quantitative estimate of drug-likeness (QED) is 0.489. The number of ether oxygens (including phenoxy) is 1. The van der Waals surface area contributed by atoms with Crippen LogP contribution in [0.1, 0.15) is 56.3 Å². The van der Waals surface area contributed by atoms with E-state index in [4.69, 9.17) is 9.29 Å². The average molecular weight is 427 g/mol. The number of hydrogen-bond donors (Lipinski definition) is 2. The molecule has 0 amide bonds. The smallest absolute Gasteiger partial charge is 0.357 e. The molecule has 0 aliphatic carbocycles. The van der Waals surface area contributed by atoms with E-state index in [1.165, 1.54) is 23.5 Å². The maximum atomic E-state index is 12.8. The first-order valence-electron chi connectivity index (χ1n) is 8.98. The number of benzene rings is 1. The second-order valence-electron chi connectivity index (χ2n) is 7.49. The lowest BCUT2D eigenvalue weighted by Gasteiger charge is -2.23. The highest BCUT2D eigenvalue weighted by molar-refractivity contribution is 7.87. The zero-order valence-corrected chi connectivity index (χ0v) is 18.1. The van der Waals surface area contributed by atoms with Gasteiger partial charge in [0.25, 0.3) is 0 Å². The van der Waals surface area contributed by atoms with Gasteiger partial charge in [-0.3, -0.25) is 14.1 Å². The Bertz CT molecular complexity index is 899. The zero-order valence-electron chi connectivity index (χ0n) is 16.4. The molecule has 154 valence electrons. The third-order valence-corrected chi connectivity index (χ3v) is 5.21. The summed E-state index contributed by atoms with van der Waals surface area (Å²) < 4.78 is 38.2. The molecular weight excluding hydrogens is 400 g/mol. The fourth-order valence-corrected chi connectivity index (χ4v) is 3.97. The van der Waals surface area contributed by atoms with Crippen LogP contribution in [-0.2, 0) is 32.7 Å². The molecule has 28 heavy (non-hydrogen) atoms. The minimum Gasteiger partial charge on any atom is -0.459 e. The molecule has 2 rings (SSSR count). The van der Waals surface area contributed by atoms with Crippen LogP contribution in [-0.4, -0.2) is 29.5 Å². The minimum absolute atomic E-state index is 0.236. The third kappa shape index (κ3) is 7.21. The number of anilines is 1. The monoisotopic (exact) mass is 426 g/mol. The Morgan fingerprint density at radius 3 is 2.46 bits per heavy atom. The summed E-state index contributed by atoms with van der Waals surface area (Å²) in [6, 6.07) is 6.45. The fraction of sp³-hybridized carbons (Fsp3) is 0.474. The molecule has 0 spiro atoms. The van der Waals surface area contributed by atoms with E-state index < -0.39 is 21.8 Å². The van der Waals surface area contributed by atoms with Crippen molar-refractivity contribution in [2.75, 3.05) is 4.72 Å². The van der Waals surface area contributed by atoms with Crippen molar-refractivity contribution in [3.63, 3.8) is 0 Å². The van der Waals surface area contributed by atoms with Gasteiger partial charge in [-0.1, -0.05) is 25.5 Å². The van der Waals surface area contributed by atoms with Crippen LogP contribution >= 0.6 is 11.3 Å². The summed E-state index contributed by atoms with van der Waals surface area (Å²) in [6.07, 6.45) is 2.20. The van der Waals surface area contributed by atoms with E-state index in [0.717, 1.165) is 24.1 Å². The highest BCUT2D eigenvalue weighted by Crippen LogP contribution is 2.28. The number of carbonyl (C=O) groups excluding carboxylic acids is 1. The van der Waals surface area contributed by atoms with Crippen LogP contribution in [0.3, 0.4) is 0 Å². The molecule has 1 atom stereocenters. The summed E-state index contributed by atoms with van der Waals surface area (Å²) in [5.41, 5.74) is 1.41. The molecular formula is C19H26N2O5S2. The minimum atomic E-state index is -4.33. The molecule has 0 aliphatic rings. The Morgan fingerprint density at radius 1 is 1.29 bits per heavy atom. The predicted molar refractivity (Wildman–Crippen MR) is 110 cm³/mol. The molecule has 2 N–H and O–H groups in total. The first-order valence-corrected chi connectivity index (χ1v) is 11.3. The molecule has 7 nitrogen and oxygen atoms in total. The van der Waals surface area contributed by atoms with Gasteiger partial charge in [0.2, 0.25) is 0 Å². The Kier molecular flexibility index (Phi) is 7.19. The molecule has 0 radical (unpaired) electrons. The van der Waals surface area contributed by atoms with E-state index in [2.05, 4.69) is 11.9 Å². The Morgan fingerprint density at radius 2 is 1.93 bits per heavy atom. The maximum absolute atomic E-state index is 12.8. The van der Waals surface area contributed by atoms with Gasteiger partial charge in [-0.25, -0.2) is 4.98 Å². The number of esters is 1. The van der Waals surface area contributed by atoms with E-state index in [1.807, 2.05) is 30.9 Å². The van der Waals surface area contributed by atoms with Crippen molar-refractivity contribution >= 4 is 33.3 Å². The molecule has 0 fully saturated rings. The van der Waals surface area contributed by atoms with Crippen LogP contribution in [0.4, 0.5) is 5.69 Å². The number of aryl methyl sites for hydroxylation is 1. The number of rotatable bonds is 8. The second kappa shape index (κ2) is 9.02. The molecule has 0 aliphatic heterocycles. The Labute approximate surface area is 170 Å². The second-order valence-corrected chi connectivity index (χ2v) is 9.54. The average Bonchev–Trinajstić information content (AvgIpc) is 2.99. The first-order chi connectivity index (χ1) is 13.0. The van der Waals surface area contributed by atoms with Gasteiger partial charge in [-0.2, -0.15) is 8.42 Å². The van der Waals surface area contributed by atoms with Crippen molar-refractivity contribution in [3.8, 4) is 0 Å². The number of nitrogens with one attached hydrogen (secondary N) is 1. The highest BCUT2D eigenvalue weighted by atomic mass is 32.2. The summed E-state index contributed by atoms with van der Waals surface area (Å²) in [4.78, 5) is 17.4. The number of nitrogens with zero attached hydrogens (tertiary/aromatic N) is 1. The molecule has 1 aromatic carbocycles. The number of aromatic nitrogens is 1. The van der Waals surface area contributed by atoms with Crippen LogP contribution in [0.2, 0.25) is 0 Å². The van der Waals surface area contributed by atoms with Crippen molar-refractivity contribution < 1.29 is 22.5 Å². The molecule has 2 aromatic rings. The van der Waals surface area contributed by atoms with Crippen LogP contribution in [0.25, 0.3) is 0 Å². The largest absolute Gasteiger partial charge is 0.459 e. The van der Waals surface area contributed by atoms with Crippen LogP contribution in [0, 0.1) is 0 Å². The summed E-state index contributed by atoms with van der Waals surface area (Å²) >= 11 is 1.45. The van der Waals surface area contributed by atoms with Crippen LogP contribution in [0.5, 0.6) is 0 Å². The summed E-state index contributed by atoms with van der Waals surface area (Å²) in [7, 11) is -4.33. The Hall–Kier alpha value is -1.97. The molecule has 9 heteroatoms. The van der Waals surface area contributed by atoms with E-state index >= 15 is 0 Å². The summed E-state index contributed by atoms with van der Waals surface area (Å²) in [6.45, 7) is 7.54. The molecule has 0 saturated carbocycles. The van der Waals surface area contributed by atoms with Gasteiger partial charge in [0.05, 0.1) is 11.4 Å². The van der Waals surface area contributed by atoms with Gasteiger partial charge in [-0.05, 0) is 51.3 Å². The van der Waals surface area contributed by atoms with E-state index in [0.29, 0.717) is 11.4 Å². The van der Waals surface area contributed by atoms with Crippen LogP contribution < -0.4 is 4.72 Å². The summed E-state index contributed by atoms with van der Waals surface area (Å²) in [5.74, 6) is -0.889.